The van der Waals surface area contributed by atoms with Gasteiger partial charge >= 0.3 is 15.6 Å². The summed E-state index contributed by atoms with van der Waals surface area (Å²) in [6.07, 6.45) is -20.5. The van der Waals surface area contributed by atoms with Gasteiger partial charge in [0.05, 0.1) is 19.3 Å². The van der Waals surface area contributed by atoms with Crippen LogP contribution in [0.3, 0.4) is 0 Å². The van der Waals surface area contributed by atoms with Crippen molar-refractivity contribution in [3.63, 3.8) is 0 Å². The number of amides is 3. The average molecular weight is 881 g/mol. The average Bonchev–Trinajstić information content (AvgIpc) is 3.10. The molecule has 0 aromatic carbocycles. The highest BCUT2D eigenvalue weighted by atomic mass is 33.1. The molecule has 17 N–H and O–H groups in total. The molecule has 0 bridgehead atoms. The zero-order valence-electron chi connectivity index (χ0n) is 29.3. The van der Waals surface area contributed by atoms with Crippen molar-refractivity contribution < 1.29 is 102 Å². The number of aliphatic hydroxyl groups excluding tert-OH is 9. The number of hydrogen-bond donors (Lipinski definition) is 16. The van der Waals surface area contributed by atoms with Crippen LogP contribution in [0, 0.1) is 5.41 Å². The highest BCUT2D eigenvalue weighted by Gasteiger charge is 2.53. The van der Waals surface area contributed by atoms with Gasteiger partial charge in [0, 0.05) is 36.4 Å². The summed E-state index contributed by atoms with van der Waals surface area (Å²) in [4.78, 5) is 64.1. The first-order valence-corrected chi connectivity index (χ1v) is 21.8. The molecule has 1 saturated carbocycles. The summed E-state index contributed by atoms with van der Waals surface area (Å²) in [6, 6.07) is -2.84. The second-order valence-corrected chi connectivity index (χ2v) is 18.6. The zero-order chi connectivity index (χ0) is 42.1. The van der Waals surface area contributed by atoms with Crippen LogP contribution in [0.1, 0.15) is 20.3 Å². The molecule has 0 radical (unpaired) electrons. The summed E-state index contributed by atoms with van der Waals surface area (Å²) in [6.45, 7) is 0.779. The molecule has 3 unspecified atom stereocenters. The summed E-state index contributed by atoms with van der Waals surface area (Å²) in [5, 5.41) is 98.8. The Morgan fingerprint density at radius 1 is 0.855 bits per heavy atom. The second kappa shape index (κ2) is 21.8. The number of ether oxygens (including phenoxy) is 2. The fourth-order valence-corrected chi connectivity index (χ4v) is 8.74. The van der Waals surface area contributed by atoms with Crippen molar-refractivity contribution in [2.24, 2.45) is 11.1 Å². The zero-order valence-corrected chi connectivity index (χ0v) is 32.7. The Balaban J connectivity index is 1.76. The van der Waals surface area contributed by atoms with E-state index in [4.69, 9.17) is 25.0 Å². The third-order valence-electron chi connectivity index (χ3n) is 8.18. The van der Waals surface area contributed by atoms with Gasteiger partial charge in [0.15, 0.2) is 6.29 Å². The van der Waals surface area contributed by atoms with Crippen LogP contribution >= 0.6 is 37.2 Å². The van der Waals surface area contributed by atoms with Gasteiger partial charge in [-0.2, -0.15) is 4.31 Å². The van der Waals surface area contributed by atoms with E-state index in [2.05, 4.69) is 24.8 Å². The van der Waals surface area contributed by atoms with Crippen molar-refractivity contribution in [2.75, 3.05) is 37.8 Å². The summed E-state index contributed by atoms with van der Waals surface area (Å²) in [7, 11) is -8.26. The molecule has 14 atom stereocenters. The number of hydrogen-bond acceptors (Lipinski definition) is 21. The first kappa shape index (κ1) is 50.0. The van der Waals surface area contributed by atoms with E-state index in [-0.39, 0.29) is 25.3 Å². The van der Waals surface area contributed by atoms with E-state index < -0.39 is 131 Å². The summed E-state index contributed by atoms with van der Waals surface area (Å²) in [5.41, 5.74) is 4.43. The molecule has 2 rings (SSSR count). The highest BCUT2D eigenvalue weighted by molar-refractivity contribution is 8.76. The van der Waals surface area contributed by atoms with Crippen LogP contribution < -0.4 is 21.7 Å². The maximum atomic E-state index is 12.9. The van der Waals surface area contributed by atoms with Crippen molar-refractivity contribution >= 4 is 55.0 Å². The highest BCUT2D eigenvalue weighted by Crippen LogP contribution is 2.58. The van der Waals surface area contributed by atoms with Crippen LogP contribution in [0.5, 0.6) is 0 Å². The van der Waals surface area contributed by atoms with Crippen LogP contribution in [0.25, 0.3) is 0 Å². The predicted octanol–water partition coefficient (Wildman–Crippen LogP) is -6.94. The molecular weight excluding hydrogens is 830 g/mol. The molecule has 25 nitrogen and oxygen atoms in total. The van der Waals surface area contributed by atoms with Crippen LogP contribution in [0.15, 0.2) is 0 Å². The third kappa shape index (κ3) is 15.2. The Morgan fingerprint density at radius 3 is 2.00 bits per heavy atom. The number of carbonyl (C=O) groups excluding carboxylic acids is 3. The molecule has 0 aromatic heterocycles. The van der Waals surface area contributed by atoms with Crippen LogP contribution in [-0.4, -0.2) is 196 Å². The maximum Gasteiger partial charge on any atom is 0.481 e. The molecule has 1 heterocycles. The summed E-state index contributed by atoms with van der Waals surface area (Å²) >= 11 is 0. The van der Waals surface area contributed by atoms with Crippen molar-refractivity contribution in [3.8, 4) is 0 Å². The molecule has 3 amide bonds. The first-order chi connectivity index (χ1) is 25.3. The minimum atomic E-state index is -5.37. The maximum absolute atomic E-state index is 12.9. The van der Waals surface area contributed by atoms with Gasteiger partial charge in [-0.1, -0.05) is 35.4 Å². The van der Waals surface area contributed by atoms with Gasteiger partial charge in [0.25, 0.3) is 0 Å². The lowest BCUT2D eigenvalue weighted by Crippen LogP contribution is -2.69. The standard InChI is InChI=1S/C26H50N4O21P2S2/c1-26(2,9-48-53(46,47)51-52(43,44)45)22(40)24(42)29-4-3-12(32)28-5-6-54-55-8-10(27)23(41)30-13-15(34)14(33)11(7-31)49-25(13)50-21-19(38)17(36)16(35)18(37)20(21)39/h10-11,13-22,25,31,33-40H,3-9,27H2,1-2H3,(H,28,32)(H,29,42)(H,30,41)(H,46,47)(H2,43,44,45)/t10-,11+,13+,14+,15+,16?,17-,18+,19+,20+,21?,22-,25+/m0/s1. The first-order valence-electron chi connectivity index (χ1n) is 16.3. The molecule has 1 aliphatic heterocycles. The fourth-order valence-electron chi connectivity index (χ4n) is 4.95. The smallest absolute Gasteiger partial charge is 0.394 e. The number of aliphatic hydroxyl groups is 9. The van der Waals surface area contributed by atoms with Crippen molar-refractivity contribution in [1.29, 1.82) is 0 Å². The lowest BCUT2D eigenvalue weighted by atomic mass is 9.84. The Kier molecular flexibility index (Phi) is 19.8. The van der Waals surface area contributed by atoms with Gasteiger partial charge in [0.1, 0.15) is 67.1 Å². The Morgan fingerprint density at radius 2 is 1.44 bits per heavy atom. The largest absolute Gasteiger partial charge is 0.481 e. The van der Waals surface area contributed by atoms with E-state index in [9.17, 15) is 74.4 Å². The van der Waals surface area contributed by atoms with Crippen LogP contribution in [0.2, 0.25) is 0 Å². The Hall–Kier alpha value is -1.11. The second-order valence-electron chi connectivity index (χ2n) is 13.1. The fraction of sp³-hybridized carbons (Fsp3) is 0.885. The predicted molar refractivity (Wildman–Crippen MR) is 187 cm³/mol. The van der Waals surface area contributed by atoms with E-state index >= 15 is 0 Å². The van der Waals surface area contributed by atoms with Gasteiger partial charge in [-0.25, -0.2) is 9.13 Å². The molecular formula is C26H50N4O21P2S2. The molecule has 1 saturated heterocycles. The lowest BCUT2D eigenvalue weighted by molar-refractivity contribution is -0.319. The molecule has 1 aliphatic carbocycles. The minimum absolute atomic E-state index is 0.0138. The number of phosphoric ester groups is 1. The van der Waals surface area contributed by atoms with Gasteiger partial charge in [-0.3, -0.25) is 18.9 Å². The van der Waals surface area contributed by atoms with E-state index in [1.165, 1.54) is 24.6 Å². The lowest BCUT2D eigenvalue weighted by Gasteiger charge is -2.47. The van der Waals surface area contributed by atoms with E-state index in [0.29, 0.717) is 5.75 Å². The van der Waals surface area contributed by atoms with Gasteiger partial charge < -0.3 is 91.8 Å². The van der Waals surface area contributed by atoms with Gasteiger partial charge in [-0.15, -0.1) is 0 Å². The van der Waals surface area contributed by atoms with E-state index in [0.717, 1.165) is 10.8 Å². The monoisotopic (exact) mass is 880 g/mol. The van der Waals surface area contributed by atoms with Crippen molar-refractivity contribution in [3.05, 3.63) is 0 Å². The van der Waals surface area contributed by atoms with Gasteiger partial charge in [-0.05, 0) is 0 Å². The molecule has 322 valence electrons. The normalized spacial score (nSPS) is 32.5. The number of phosphoric acid groups is 2. The van der Waals surface area contributed by atoms with Gasteiger partial charge in [0.2, 0.25) is 17.7 Å². The summed E-state index contributed by atoms with van der Waals surface area (Å²) in [5.74, 6) is -2.02. The topological polar surface area (TPSA) is 427 Å². The number of nitrogens with one attached hydrogen (secondary N) is 3. The van der Waals surface area contributed by atoms with Crippen LogP contribution in [0.4, 0.5) is 0 Å². The molecule has 0 aromatic rings. The quantitative estimate of drug-likeness (QED) is 0.0289. The molecule has 29 heteroatoms. The molecule has 55 heavy (non-hydrogen) atoms. The van der Waals surface area contributed by atoms with Crippen LogP contribution in [-0.2, 0) is 41.8 Å². The molecule has 2 fully saturated rings. The van der Waals surface area contributed by atoms with E-state index in [1.54, 1.807) is 0 Å². The third-order valence-corrected chi connectivity index (χ3v) is 12.8. The molecule has 0 spiro atoms. The summed E-state index contributed by atoms with van der Waals surface area (Å²) < 4.78 is 41.5. The Bertz CT molecular complexity index is 1350. The Labute approximate surface area is 321 Å². The number of rotatable bonds is 21. The molecule has 2 aliphatic rings. The number of carbonyl (C=O) groups is 3. The minimum Gasteiger partial charge on any atom is -0.394 e. The number of nitrogens with two attached hydrogens (primary N) is 1. The SMILES string of the molecule is CC(C)(COP(=O)(O)OP(=O)(O)O)[C@@H](O)C(=O)NCCC(=O)NCCSSC[C@H](N)C(=O)N[C@H]1[C@@H](OC2[C@H](O)[C@H](O)C(O)[C@H](O)[C@H]2O)O[C@H](CO)[C@@H](O)[C@@H]1O. The van der Waals surface area contributed by atoms with Crippen molar-refractivity contribution in [2.45, 2.75) is 99.7 Å². The van der Waals surface area contributed by atoms with E-state index in [1.807, 2.05) is 0 Å². The van der Waals surface area contributed by atoms with Crippen molar-refractivity contribution in [1.82, 2.24) is 16.0 Å².